The summed E-state index contributed by atoms with van der Waals surface area (Å²) in [6.07, 6.45) is -0.00680. The van der Waals surface area contributed by atoms with Crippen LogP contribution in [0.25, 0.3) is 0 Å². The molecule has 3 nitrogen and oxygen atoms in total. The van der Waals surface area contributed by atoms with Gasteiger partial charge in [-0.2, -0.15) is 13.2 Å². The van der Waals surface area contributed by atoms with Gasteiger partial charge < -0.3 is 5.32 Å². The first-order chi connectivity index (χ1) is 15.2. The minimum atomic E-state index is -4.33. The van der Waals surface area contributed by atoms with E-state index in [1.165, 1.54) is 6.07 Å². The Morgan fingerprint density at radius 2 is 1.78 bits per heavy atom. The van der Waals surface area contributed by atoms with E-state index >= 15 is 0 Å². The van der Waals surface area contributed by atoms with Gasteiger partial charge in [0.15, 0.2) is 0 Å². The molecule has 174 valence electrons. The number of fused-ring (bicyclic) bond motifs is 3. The average Bonchev–Trinajstić information content (AvgIpc) is 2.78. The zero-order valence-electron chi connectivity index (χ0n) is 18.1. The quantitative estimate of drug-likeness (QED) is 0.439. The number of nitrogens with one attached hydrogen (secondary N) is 2. The van der Waals surface area contributed by atoms with Crippen molar-refractivity contribution in [2.45, 2.75) is 31.4 Å². The number of benzene rings is 2. The summed E-state index contributed by atoms with van der Waals surface area (Å²) in [7, 11) is -2.38. The second kappa shape index (κ2) is 10.6. The van der Waals surface area contributed by atoms with Crippen LogP contribution in [0.1, 0.15) is 36.3 Å². The fourth-order valence-corrected chi connectivity index (χ4v) is 5.52. The Labute approximate surface area is 189 Å². The molecule has 1 fully saturated rings. The molecule has 0 radical (unpaired) electrons. The molecular weight excluding hydrogens is 433 g/mol. The molecule has 1 aliphatic carbocycles. The smallest absolute Gasteiger partial charge is 0.385 e. The van der Waals surface area contributed by atoms with Crippen LogP contribution in [0, 0.1) is 11.8 Å². The van der Waals surface area contributed by atoms with Crippen LogP contribution in [0.3, 0.4) is 0 Å². The number of rotatable bonds is 5. The van der Waals surface area contributed by atoms with E-state index in [9.17, 15) is 17.4 Å². The molecule has 1 saturated carbocycles. The van der Waals surface area contributed by atoms with Gasteiger partial charge in [0, 0.05) is 34.2 Å². The molecule has 2 aliphatic rings. The third kappa shape index (κ3) is 6.62. The SMILES string of the molecule is C=CCS(=C)(=O)NCC1CCC2CNc3ccc(C(F)(F)F)cc3C2C1.c1ccccc1. The predicted molar refractivity (Wildman–Crippen MR) is 128 cm³/mol. The summed E-state index contributed by atoms with van der Waals surface area (Å²) in [5, 5.41) is 3.28. The molecular formula is C25H31F3N2OS. The Bertz CT molecular complexity index is 963. The topological polar surface area (TPSA) is 41.1 Å². The molecule has 0 aromatic heterocycles. The van der Waals surface area contributed by atoms with Crippen molar-refractivity contribution in [2.24, 2.45) is 11.8 Å². The number of alkyl halides is 3. The van der Waals surface area contributed by atoms with E-state index < -0.39 is 21.4 Å². The van der Waals surface area contributed by atoms with Gasteiger partial charge in [0.1, 0.15) is 0 Å². The van der Waals surface area contributed by atoms with E-state index in [1.54, 1.807) is 12.1 Å². The predicted octanol–water partition coefficient (Wildman–Crippen LogP) is 5.72. The summed E-state index contributed by atoms with van der Waals surface area (Å²) >= 11 is 0. The van der Waals surface area contributed by atoms with Gasteiger partial charge in [-0.25, -0.2) is 4.72 Å². The Kier molecular flexibility index (Phi) is 8.06. The Morgan fingerprint density at radius 3 is 2.38 bits per heavy atom. The van der Waals surface area contributed by atoms with Gasteiger partial charge in [-0.3, -0.25) is 4.21 Å². The Balaban J connectivity index is 0.000000416. The summed E-state index contributed by atoms with van der Waals surface area (Å²) in [5.41, 5.74) is 0.980. The first-order valence-electron chi connectivity index (χ1n) is 10.8. The van der Waals surface area contributed by atoms with E-state index in [0.717, 1.165) is 43.1 Å². The van der Waals surface area contributed by atoms with Crippen molar-refractivity contribution in [3.8, 4) is 0 Å². The third-order valence-electron chi connectivity index (χ3n) is 6.12. The fourth-order valence-electron chi connectivity index (χ4n) is 4.48. The van der Waals surface area contributed by atoms with E-state index in [2.05, 4.69) is 22.5 Å². The van der Waals surface area contributed by atoms with Gasteiger partial charge in [0.25, 0.3) is 0 Å². The maximum Gasteiger partial charge on any atom is 0.416 e. The molecule has 32 heavy (non-hydrogen) atoms. The zero-order chi connectivity index (χ0) is 23.2. The summed E-state index contributed by atoms with van der Waals surface area (Å²) in [6, 6.07) is 16.0. The molecule has 2 aromatic carbocycles. The van der Waals surface area contributed by atoms with Crippen LogP contribution in [-0.2, 0) is 15.9 Å². The second-order valence-electron chi connectivity index (χ2n) is 8.50. The van der Waals surface area contributed by atoms with Crippen molar-refractivity contribution in [3.05, 3.63) is 78.4 Å². The van der Waals surface area contributed by atoms with Crippen LogP contribution in [0.4, 0.5) is 18.9 Å². The van der Waals surface area contributed by atoms with Crippen LogP contribution in [0.5, 0.6) is 0 Å². The van der Waals surface area contributed by atoms with Crippen molar-refractivity contribution in [1.29, 1.82) is 0 Å². The molecule has 7 heteroatoms. The zero-order valence-corrected chi connectivity index (χ0v) is 18.9. The summed E-state index contributed by atoms with van der Waals surface area (Å²) in [5.74, 6) is 4.76. The molecule has 1 heterocycles. The molecule has 0 spiro atoms. The van der Waals surface area contributed by atoms with Gasteiger partial charge in [-0.1, -0.05) is 42.5 Å². The van der Waals surface area contributed by atoms with Gasteiger partial charge in [0.2, 0.25) is 0 Å². The van der Waals surface area contributed by atoms with Crippen molar-refractivity contribution in [3.63, 3.8) is 0 Å². The normalized spacial score (nSPS) is 23.9. The summed E-state index contributed by atoms with van der Waals surface area (Å²) in [4.78, 5) is 0. The molecule has 2 N–H and O–H groups in total. The van der Waals surface area contributed by atoms with E-state index in [-0.39, 0.29) is 11.8 Å². The molecule has 4 atom stereocenters. The van der Waals surface area contributed by atoms with Crippen LogP contribution in [-0.4, -0.2) is 28.9 Å². The minimum absolute atomic E-state index is 0.106. The highest BCUT2D eigenvalue weighted by molar-refractivity contribution is 7.98. The van der Waals surface area contributed by atoms with Crippen LogP contribution >= 0.6 is 0 Å². The lowest BCUT2D eigenvalue weighted by atomic mass is 9.69. The largest absolute Gasteiger partial charge is 0.416 e. The lowest BCUT2D eigenvalue weighted by Crippen LogP contribution is -2.37. The summed E-state index contributed by atoms with van der Waals surface area (Å²) < 4.78 is 54.6. The van der Waals surface area contributed by atoms with Gasteiger partial charge in [0.05, 0.1) is 5.56 Å². The average molecular weight is 465 g/mol. The first kappa shape index (κ1) is 24.4. The fraction of sp³-hybridized carbons (Fsp3) is 0.400. The van der Waals surface area contributed by atoms with Crippen molar-refractivity contribution in [2.75, 3.05) is 24.2 Å². The molecule has 0 bridgehead atoms. The van der Waals surface area contributed by atoms with Crippen LogP contribution in [0.2, 0.25) is 0 Å². The standard InChI is InChI=1S/C19H25F3N2OS.C6H6/c1-3-8-26(2,25)24-11-13-4-5-14-12-23-18-7-6-15(19(20,21)22)10-17(18)16(14)9-13;1-2-4-6-5-3-1/h3,6-7,10,13-14,16,23H,1-2,4-5,8-9,11-12H2,(H,24,25);1-6H. The van der Waals surface area contributed by atoms with E-state index in [0.29, 0.717) is 18.2 Å². The van der Waals surface area contributed by atoms with Gasteiger partial charge >= 0.3 is 6.18 Å². The van der Waals surface area contributed by atoms with Crippen molar-refractivity contribution in [1.82, 2.24) is 4.72 Å². The van der Waals surface area contributed by atoms with Crippen LogP contribution in [0.15, 0.2) is 67.3 Å². The molecule has 4 rings (SSSR count). The minimum Gasteiger partial charge on any atom is -0.385 e. The molecule has 1 aliphatic heterocycles. The highest BCUT2D eigenvalue weighted by Gasteiger charge is 2.38. The third-order valence-corrected chi connectivity index (χ3v) is 7.59. The van der Waals surface area contributed by atoms with E-state index in [4.69, 9.17) is 0 Å². The maximum atomic E-state index is 13.1. The monoisotopic (exact) mass is 464 g/mol. The van der Waals surface area contributed by atoms with Crippen molar-refractivity contribution >= 4 is 21.3 Å². The number of halogens is 3. The number of anilines is 1. The van der Waals surface area contributed by atoms with E-state index in [1.807, 2.05) is 36.4 Å². The summed E-state index contributed by atoms with van der Waals surface area (Å²) in [6.45, 7) is 4.96. The van der Waals surface area contributed by atoms with Crippen LogP contribution < -0.4 is 10.0 Å². The highest BCUT2D eigenvalue weighted by atomic mass is 32.2. The number of hydrogen-bond donors (Lipinski definition) is 2. The molecule has 0 amide bonds. The lowest BCUT2D eigenvalue weighted by Gasteiger charge is -2.41. The van der Waals surface area contributed by atoms with Gasteiger partial charge in [-0.15, -0.1) is 6.58 Å². The van der Waals surface area contributed by atoms with Crippen molar-refractivity contribution < 1.29 is 17.4 Å². The second-order valence-corrected chi connectivity index (χ2v) is 10.7. The Morgan fingerprint density at radius 1 is 1.12 bits per heavy atom. The molecule has 4 unspecified atom stereocenters. The van der Waals surface area contributed by atoms with Gasteiger partial charge in [-0.05, 0) is 66.6 Å². The first-order valence-corrected chi connectivity index (χ1v) is 12.7. The Hall–Kier alpha value is -2.25. The molecule has 0 saturated heterocycles. The lowest BCUT2D eigenvalue weighted by molar-refractivity contribution is -0.137. The maximum absolute atomic E-state index is 13.1. The highest BCUT2D eigenvalue weighted by Crippen LogP contribution is 2.47. The molecule has 2 aromatic rings. The number of hydrogen-bond acceptors (Lipinski definition) is 2.